The maximum Gasteiger partial charge on any atom is 0.0864 e. The minimum atomic E-state index is -0.783. The van der Waals surface area contributed by atoms with Gasteiger partial charge < -0.3 is 16.2 Å². The summed E-state index contributed by atoms with van der Waals surface area (Å²) < 4.78 is 0. The molecule has 4 nitrogen and oxygen atoms in total. The van der Waals surface area contributed by atoms with E-state index in [2.05, 4.69) is 10.3 Å². The molecule has 1 aromatic rings. The Balaban J connectivity index is 2.16. The highest BCUT2D eigenvalue weighted by Gasteiger charge is 2.36. The van der Waals surface area contributed by atoms with E-state index in [1.807, 2.05) is 12.1 Å². The maximum atomic E-state index is 10.4. The number of piperidine rings is 1. The van der Waals surface area contributed by atoms with Crippen LogP contribution in [0.1, 0.15) is 24.4 Å². The van der Waals surface area contributed by atoms with Crippen molar-refractivity contribution in [3.63, 3.8) is 0 Å². The van der Waals surface area contributed by atoms with Gasteiger partial charge in [-0.2, -0.15) is 0 Å². The van der Waals surface area contributed by atoms with E-state index in [-0.39, 0.29) is 6.04 Å². The highest BCUT2D eigenvalue weighted by molar-refractivity contribution is 5.18. The lowest BCUT2D eigenvalue weighted by Gasteiger charge is -2.37. The molecule has 4 N–H and O–H groups in total. The number of hydrogen-bond donors (Lipinski definition) is 3. The summed E-state index contributed by atoms with van der Waals surface area (Å²) in [5, 5.41) is 13.6. The average Bonchev–Trinajstić information content (AvgIpc) is 2.30. The number of nitrogens with zero attached hydrogens (tertiary/aromatic N) is 1. The number of aliphatic hydroxyl groups is 1. The van der Waals surface area contributed by atoms with Crippen LogP contribution in [0.25, 0.3) is 0 Å². The van der Waals surface area contributed by atoms with Gasteiger partial charge in [0.1, 0.15) is 0 Å². The lowest BCUT2D eigenvalue weighted by molar-refractivity contribution is -0.0144. The Morgan fingerprint density at radius 1 is 1.47 bits per heavy atom. The number of aromatic nitrogens is 1. The van der Waals surface area contributed by atoms with Crippen LogP contribution in [0.15, 0.2) is 24.5 Å². The molecule has 0 aromatic carbocycles. The van der Waals surface area contributed by atoms with E-state index in [0.29, 0.717) is 12.8 Å². The zero-order chi connectivity index (χ0) is 10.7. The lowest BCUT2D eigenvalue weighted by atomic mass is 9.82. The van der Waals surface area contributed by atoms with Gasteiger partial charge in [0, 0.05) is 12.4 Å². The first-order valence-electron chi connectivity index (χ1n) is 5.31. The molecule has 1 fully saturated rings. The minimum absolute atomic E-state index is 0.340. The molecule has 1 unspecified atom stereocenters. The van der Waals surface area contributed by atoms with Crippen molar-refractivity contribution in [3.05, 3.63) is 30.1 Å². The molecule has 1 aromatic heterocycles. The van der Waals surface area contributed by atoms with E-state index < -0.39 is 5.60 Å². The van der Waals surface area contributed by atoms with E-state index in [9.17, 15) is 5.11 Å². The van der Waals surface area contributed by atoms with Crippen LogP contribution in [0, 0.1) is 0 Å². The molecule has 0 radical (unpaired) electrons. The molecule has 1 aliphatic rings. The zero-order valence-electron chi connectivity index (χ0n) is 8.69. The molecule has 0 amide bonds. The highest BCUT2D eigenvalue weighted by Crippen LogP contribution is 2.30. The summed E-state index contributed by atoms with van der Waals surface area (Å²) in [6.07, 6.45) is 4.83. The number of rotatable bonds is 2. The SMILES string of the molecule is NC(c1cccnc1)C1(O)CCNCC1. The van der Waals surface area contributed by atoms with Crippen LogP contribution in [-0.4, -0.2) is 28.8 Å². The van der Waals surface area contributed by atoms with E-state index >= 15 is 0 Å². The second kappa shape index (κ2) is 4.26. The van der Waals surface area contributed by atoms with Crippen LogP contribution in [-0.2, 0) is 0 Å². The van der Waals surface area contributed by atoms with Crippen LogP contribution in [0.3, 0.4) is 0 Å². The standard InChI is InChI=1S/C11H17N3O/c12-10(9-2-1-5-14-8-9)11(15)3-6-13-7-4-11/h1-2,5,8,10,13,15H,3-4,6-7,12H2. The molecule has 0 saturated carbocycles. The van der Waals surface area contributed by atoms with Crippen molar-refractivity contribution in [2.45, 2.75) is 24.5 Å². The van der Waals surface area contributed by atoms with Gasteiger partial charge in [-0.05, 0) is 37.6 Å². The van der Waals surface area contributed by atoms with E-state index in [4.69, 9.17) is 5.73 Å². The second-order valence-electron chi connectivity index (χ2n) is 4.12. The second-order valence-corrected chi connectivity index (χ2v) is 4.12. The summed E-state index contributed by atoms with van der Waals surface area (Å²) >= 11 is 0. The summed E-state index contributed by atoms with van der Waals surface area (Å²) in [6, 6.07) is 3.42. The largest absolute Gasteiger partial charge is 0.388 e. The fraction of sp³-hybridized carbons (Fsp3) is 0.545. The number of pyridine rings is 1. The van der Waals surface area contributed by atoms with Crippen molar-refractivity contribution >= 4 is 0 Å². The summed E-state index contributed by atoms with van der Waals surface area (Å²) in [7, 11) is 0. The molecule has 2 rings (SSSR count). The predicted molar refractivity (Wildman–Crippen MR) is 58.2 cm³/mol. The van der Waals surface area contributed by atoms with Gasteiger partial charge in [0.05, 0.1) is 11.6 Å². The zero-order valence-corrected chi connectivity index (χ0v) is 8.69. The Labute approximate surface area is 89.5 Å². The third-order valence-corrected chi connectivity index (χ3v) is 3.09. The van der Waals surface area contributed by atoms with Crippen molar-refractivity contribution in [2.24, 2.45) is 5.73 Å². The summed E-state index contributed by atoms with van der Waals surface area (Å²) in [5.41, 5.74) is 6.21. The van der Waals surface area contributed by atoms with Crippen LogP contribution < -0.4 is 11.1 Å². The lowest BCUT2D eigenvalue weighted by Crippen LogP contribution is -2.49. The Morgan fingerprint density at radius 3 is 2.80 bits per heavy atom. The third kappa shape index (κ3) is 2.17. The Hall–Kier alpha value is -0.970. The fourth-order valence-electron chi connectivity index (χ4n) is 2.04. The van der Waals surface area contributed by atoms with Crippen molar-refractivity contribution in [3.8, 4) is 0 Å². The van der Waals surface area contributed by atoms with Crippen LogP contribution in [0.5, 0.6) is 0 Å². The summed E-state index contributed by atoms with van der Waals surface area (Å²) in [6.45, 7) is 1.65. The van der Waals surface area contributed by atoms with E-state index in [1.165, 1.54) is 0 Å². The molecule has 4 heteroatoms. The Bertz CT molecular complexity index is 309. The van der Waals surface area contributed by atoms with Gasteiger partial charge in [-0.25, -0.2) is 0 Å². The topological polar surface area (TPSA) is 71.2 Å². The van der Waals surface area contributed by atoms with Crippen molar-refractivity contribution in [1.29, 1.82) is 0 Å². The van der Waals surface area contributed by atoms with Gasteiger partial charge in [-0.1, -0.05) is 6.07 Å². The summed E-state index contributed by atoms with van der Waals surface area (Å²) in [4.78, 5) is 4.02. The van der Waals surface area contributed by atoms with Gasteiger partial charge in [0.15, 0.2) is 0 Å². The van der Waals surface area contributed by atoms with E-state index in [0.717, 1.165) is 18.7 Å². The van der Waals surface area contributed by atoms with Gasteiger partial charge in [0.2, 0.25) is 0 Å². The van der Waals surface area contributed by atoms with Crippen molar-refractivity contribution < 1.29 is 5.11 Å². The molecular formula is C11H17N3O. The van der Waals surface area contributed by atoms with E-state index in [1.54, 1.807) is 12.4 Å². The average molecular weight is 207 g/mol. The predicted octanol–water partition coefficient (Wildman–Crippen LogP) is 0.196. The monoisotopic (exact) mass is 207 g/mol. The molecule has 1 aliphatic heterocycles. The van der Waals surface area contributed by atoms with Crippen LogP contribution >= 0.6 is 0 Å². The Morgan fingerprint density at radius 2 is 2.20 bits per heavy atom. The van der Waals surface area contributed by atoms with Crippen LogP contribution in [0.2, 0.25) is 0 Å². The van der Waals surface area contributed by atoms with Crippen LogP contribution in [0.4, 0.5) is 0 Å². The molecule has 0 spiro atoms. The normalized spacial score (nSPS) is 22.3. The first-order chi connectivity index (χ1) is 7.22. The molecule has 2 heterocycles. The van der Waals surface area contributed by atoms with Crippen molar-refractivity contribution in [1.82, 2.24) is 10.3 Å². The highest BCUT2D eigenvalue weighted by atomic mass is 16.3. The maximum absolute atomic E-state index is 10.4. The Kier molecular flexibility index (Phi) is 3.00. The van der Waals surface area contributed by atoms with Gasteiger partial charge >= 0.3 is 0 Å². The molecule has 0 aliphatic carbocycles. The molecular weight excluding hydrogens is 190 g/mol. The number of nitrogens with two attached hydrogens (primary N) is 1. The van der Waals surface area contributed by atoms with Crippen molar-refractivity contribution in [2.75, 3.05) is 13.1 Å². The minimum Gasteiger partial charge on any atom is -0.388 e. The first kappa shape index (κ1) is 10.5. The molecule has 15 heavy (non-hydrogen) atoms. The van der Waals surface area contributed by atoms with Gasteiger partial charge in [0.25, 0.3) is 0 Å². The fourth-order valence-corrected chi connectivity index (χ4v) is 2.04. The summed E-state index contributed by atoms with van der Waals surface area (Å²) in [5.74, 6) is 0. The van der Waals surface area contributed by atoms with Gasteiger partial charge in [-0.15, -0.1) is 0 Å². The quantitative estimate of drug-likeness (QED) is 0.647. The molecule has 0 bridgehead atoms. The molecule has 82 valence electrons. The molecule has 1 saturated heterocycles. The third-order valence-electron chi connectivity index (χ3n) is 3.09. The van der Waals surface area contributed by atoms with Gasteiger partial charge in [-0.3, -0.25) is 4.98 Å². The first-order valence-corrected chi connectivity index (χ1v) is 5.31. The smallest absolute Gasteiger partial charge is 0.0864 e. The number of hydrogen-bond acceptors (Lipinski definition) is 4. The number of nitrogens with one attached hydrogen (secondary N) is 1. The molecule has 1 atom stereocenters.